The van der Waals surface area contributed by atoms with Gasteiger partial charge in [0.2, 0.25) is 5.91 Å². The maximum absolute atomic E-state index is 12.8. The molecule has 2 rings (SSSR count). The van der Waals surface area contributed by atoms with Crippen LogP contribution in [0.15, 0.2) is 30.3 Å². The molecule has 0 spiro atoms. The summed E-state index contributed by atoms with van der Waals surface area (Å²) < 4.78 is 12.8. The van der Waals surface area contributed by atoms with Crippen molar-refractivity contribution in [2.24, 2.45) is 11.3 Å². The number of aliphatic carboxylic acids is 1. The van der Waals surface area contributed by atoms with Gasteiger partial charge in [0, 0.05) is 19.5 Å². The lowest BCUT2D eigenvalue weighted by atomic mass is 9.76. The molecule has 0 aromatic heterocycles. The van der Waals surface area contributed by atoms with E-state index in [-0.39, 0.29) is 30.6 Å². The maximum Gasteiger partial charge on any atom is 0.311 e. The third kappa shape index (κ3) is 3.78. The second-order valence-electron chi connectivity index (χ2n) is 6.34. The van der Waals surface area contributed by atoms with Crippen LogP contribution in [0.2, 0.25) is 0 Å². The summed E-state index contributed by atoms with van der Waals surface area (Å²) in [6.07, 6.45) is 4.20. The van der Waals surface area contributed by atoms with Crippen LogP contribution in [0.25, 0.3) is 6.08 Å². The number of likely N-dealkylation sites (tertiary alicyclic amines) is 1. The van der Waals surface area contributed by atoms with Gasteiger partial charge in [-0.1, -0.05) is 38.1 Å². The summed E-state index contributed by atoms with van der Waals surface area (Å²) in [6, 6.07) is 6.01. The monoisotopic (exact) mass is 319 g/mol. The Morgan fingerprint density at radius 3 is 2.52 bits per heavy atom. The summed E-state index contributed by atoms with van der Waals surface area (Å²) in [6.45, 7) is 4.52. The van der Waals surface area contributed by atoms with E-state index in [2.05, 4.69) is 0 Å². The molecule has 1 heterocycles. The first-order chi connectivity index (χ1) is 10.8. The van der Waals surface area contributed by atoms with Crippen LogP contribution < -0.4 is 0 Å². The molecule has 1 fully saturated rings. The minimum absolute atomic E-state index is 0.0208. The van der Waals surface area contributed by atoms with Crippen molar-refractivity contribution in [1.82, 2.24) is 4.90 Å². The highest BCUT2D eigenvalue weighted by atomic mass is 19.1. The Morgan fingerprint density at radius 1 is 1.35 bits per heavy atom. The van der Waals surface area contributed by atoms with Crippen molar-refractivity contribution in [3.8, 4) is 0 Å². The molecular weight excluding hydrogens is 297 g/mol. The third-order valence-corrected chi connectivity index (χ3v) is 4.66. The Kier molecular flexibility index (Phi) is 5.19. The van der Waals surface area contributed by atoms with E-state index in [0.29, 0.717) is 13.0 Å². The normalized spacial score (nSPS) is 21.3. The topological polar surface area (TPSA) is 57.6 Å². The molecule has 1 aliphatic heterocycles. The fraction of sp³-hybridized carbons (Fsp3) is 0.444. The summed E-state index contributed by atoms with van der Waals surface area (Å²) >= 11 is 0. The highest BCUT2D eigenvalue weighted by Gasteiger charge is 2.48. The molecule has 1 saturated heterocycles. The molecule has 1 aliphatic rings. The highest BCUT2D eigenvalue weighted by molar-refractivity contribution is 5.82. The number of halogens is 1. The molecule has 0 saturated carbocycles. The van der Waals surface area contributed by atoms with Gasteiger partial charge in [-0.3, -0.25) is 9.59 Å². The molecule has 0 aliphatic carbocycles. The van der Waals surface area contributed by atoms with Crippen molar-refractivity contribution in [3.63, 3.8) is 0 Å². The van der Waals surface area contributed by atoms with Crippen molar-refractivity contribution in [2.75, 3.05) is 13.1 Å². The second kappa shape index (κ2) is 6.94. The van der Waals surface area contributed by atoms with Gasteiger partial charge in [0.15, 0.2) is 0 Å². The first kappa shape index (κ1) is 17.2. The fourth-order valence-corrected chi connectivity index (χ4v) is 2.94. The van der Waals surface area contributed by atoms with Crippen LogP contribution in [0.5, 0.6) is 0 Å². The van der Waals surface area contributed by atoms with Crippen molar-refractivity contribution in [2.45, 2.75) is 26.7 Å². The van der Waals surface area contributed by atoms with E-state index in [4.69, 9.17) is 0 Å². The number of hydrogen-bond donors (Lipinski definition) is 1. The van der Waals surface area contributed by atoms with Crippen LogP contribution in [-0.4, -0.2) is 35.0 Å². The number of benzene rings is 1. The number of rotatable bonds is 5. The van der Waals surface area contributed by atoms with Gasteiger partial charge in [0.25, 0.3) is 0 Å². The molecule has 1 unspecified atom stereocenters. The van der Waals surface area contributed by atoms with Crippen LogP contribution in [0.1, 0.15) is 32.3 Å². The predicted octanol–water partition coefficient (Wildman–Crippen LogP) is 3.19. The molecule has 1 N–H and O–H groups in total. The average molecular weight is 319 g/mol. The summed E-state index contributed by atoms with van der Waals surface area (Å²) in [5, 5.41) is 9.50. The van der Waals surface area contributed by atoms with Crippen molar-refractivity contribution < 1.29 is 19.1 Å². The van der Waals surface area contributed by atoms with Gasteiger partial charge < -0.3 is 10.0 Å². The van der Waals surface area contributed by atoms with Gasteiger partial charge in [0.1, 0.15) is 5.82 Å². The smallest absolute Gasteiger partial charge is 0.311 e. The zero-order chi connectivity index (χ0) is 17.0. The predicted molar refractivity (Wildman–Crippen MR) is 86.2 cm³/mol. The van der Waals surface area contributed by atoms with Crippen molar-refractivity contribution >= 4 is 18.0 Å². The van der Waals surface area contributed by atoms with Gasteiger partial charge in [-0.05, 0) is 30.0 Å². The van der Waals surface area contributed by atoms with Gasteiger partial charge in [-0.2, -0.15) is 0 Å². The fourth-order valence-electron chi connectivity index (χ4n) is 2.94. The standard InChI is InChI=1S/C18H22FNO3/c1-13(2)18(17(22)23)10-11-20(12-18)16(21)5-3-4-14-6-8-15(19)9-7-14/h3-4,6-9,13H,5,10-12H2,1-2H3,(H,22,23)/b4-3+. The molecule has 1 aromatic carbocycles. The van der Waals surface area contributed by atoms with E-state index < -0.39 is 11.4 Å². The first-order valence-electron chi connectivity index (χ1n) is 7.78. The summed E-state index contributed by atoms with van der Waals surface area (Å²) in [7, 11) is 0. The molecule has 1 atom stereocenters. The SMILES string of the molecule is CC(C)C1(C(=O)O)CCN(C(=O)C/C=C/c2ccc(F)cc2)C1. The lowest BCUT2D eigenvalue weighted by Crippen LogP contribution is -2.40. The van der Waals surface area contributed by atoms with Crippen LogP contribution in [-0.2, 0) is 9.59 Å². The number of nitrogens with zero attached hydrogens (tertiary/aromatic N) is 1. The van der Waals surface area contributed by atoms with E-state index in [0.717, 1.165) is 5.56 Å². The Morgan fingerprint density at radius 2 is 2.00 bits per heavy atom. The summed E-state index contributed by atoms with van der Waals surface area (Å²) in [5.74, 6) is -1.22. The number of carbonyl (C=O) groups is 2. The van der Waals surface area contributed by atoms with Gasteiger partial charge in [-0.15, -0.1) is 0 Å². The number of amides is 1. The summed E-state index contributed by atoms with van der Waals surface area (Å²) in [5.41, 5.74) is -0.0150. The Bertz CT molecular complexity index is 609. The zero-order valence-corrected chi connectivity index (χ0v) is 13.5. The zero-order valence-electron chi connectivity index (χ0n) is 13.5. The number of carboxylic acid groups (broad SMARTS) is 1. The number of hydrogen-bond acceptors (Lipinski definition) is 2. The Labute approximate surface area is 135 Å². The number of carboxylic acids is 1. The van der Waals surface area contributed by atoms with Gasteiger partial charge in [-0.25, -0.2) is 4.39 Å². The molecular formula is C18H22FNO3. The van der Waals surface area contributed by atoms with Gasteiger partial charge in [0.05, 0.1) is 5.41 Å². The molecule has 1 amide bonds. The second-order valence-corrected chi connectivity index (χ2v) is 6.34. The molecule has 5 heteroatoms. The van der Waals surface area contributed by atoms with Crippen molar-refractivity contribution in [3.05, 3.63) is 41.7 Å². The van der Waals surface area contributed by atoms with E-state index >= 15 is 0 Å². The van der Waals surface area contributed by atoms with E-state index in [9.17, 15) is 19.1 Å². The van der Waals surface area contributed by atoms with Crippen LogP contribution >= 0.6 is 0 Å². The van der Waals surface area contributed by atoms with Crippen LogP contribution in [0.3, 0.4) is 0 Å². The minimum Gasteiger partial charge on any atom is -0.481 e. The van der Waals surface area contributed by atoms with Crippen LogP contribution in [0.4, 0.5) is 4.39 Å². The molecule has 4 nitrogen and oxygen atoms in total. The minimum atomic E-state index is -0.837. The van der Waals surface area contributed by atoms with Crippen molar-refractivity contribution in [1.29, 1.82) is 0 Å². The quantitative estimate of drug-likeness (QED) is 0.907. The molecule has 124 valence electrons. The maximum atomic E-state index is 12.8. The number of carbonyl (C=O) groups excluding carboxylic acids is 1. The molecule has 0 radical (unpaired) electrons. The average Bonchev–Trinajstić information content (AvgIpc) is 2.96. The molecule has 23 heavy (non-hydrogen) atoms. The Balaban J connectivity index is 1.94. The third-order valence-electron chi connectivity index (χ3n) is 4.66. The molecule has 0 bridgehead atoms. The summed E-state index contributed by atoms with van der Waals surface area (Å²) in [4.78, 5) is 25.4. The van der Waals surface area contributed by atoms with E-state index in [1.807, 2.05) is 13.8 Å². The largest absolute Gasteiger partial charge is 0.481 e. The van der Waals surface area contributed by atoms with Gasteiger partial charge >= 0.3 is 5.97 Å². The highest BCUT2D eigenvalue weighted by Crippen LogP contribution is 2.38. The van der Waals surface area contributed by atoms with E-state index in [1.165, 1.54) is 12.1 Å². The lowest BCUT2D eigenvalue weighted by Gasteiger charge is -2.28. The van der Waals surface area contributed by atoms with E-state index in [1.54, 1.807) is 29.2 Å². The lowest BCUT2D eigenvalue weighted by molar-refractivity contribution is -0.151. The Hall–Kier alpha value is -2.17. The molecule has 1 aromatic rings. The first-order valence-corrected chi connectivity index (χ1v) is 7.78. The van der Waals surface area contributed by atoms with Crippen LogP contribution in [0, 0.1) is 17.2 Å².